The molecule has 28 heavy (non-hydrogen) atoms. The first-order valence-corrected chi connectivity index (χ1v) is 9.10. The number of carbonyl (C=O) groups is 1. The van der Waals surface area contributed by atoms with Crippen molar-refractivity contribution in [2.24, 2.45) is 0 Å². The second-order valence-corrected chi connectivity index (χ2v) is 6.93. The number of rotatable bonds is 6. The highest BCUT2D eigenvalue weighted by atomic mass is 19.3. The predicted octanol–water partition coefficient (Wildman–Crippen LogP) is 4.58. The van der Waals surface area contributed by atoms with Crippen LogP contribution in [0.1, 0.15) is 52.6 Å². The molecule has 0 saturated carbocycles. The maximum atomic E-state index is 13.0. The van der Waals surface area contributed by atoms with Crippen molar-refractivity contribution in [3.8, 4) is 0 Å². The van der Waals surface area contributed by atoms with E-state index in [-0.39, 0.29) is 24.3 Å². The Morgan fingerprint density at radius 3 is 2.54 bits per heavy atom. The zero-order valence-electron chi connectivity index (χ0n) is 16.4. The van der Waals surface area contributed by atoms with Gasteiger partial charge in [-0.2, -0.15) is 8.78 Å². The number of hydrogen-bond acceptors (Lipinski definition) is 2. The largest absolute Gasteiger partial charge is 0.341 e. The normalized spacial score (nSPS) is 12.4. The van der Waals surface area contributed by atoms with Crippen LogP contribution in [0.2, 0.25) is 0 Å². The lowest BCUT2D eigenvalue weighted by Crippen LogP contribution is -2.28. The summed E-state index contributed by atoms with van der Waals surface area (Å²) in [6.45, 7) is 3.29. The summed E-state index contributed by atoms with van der Waals surface area (Å²) in [5.41, 5.74) is 3.54. The van der Waals surface area contributed by atoms with Crippen LogP contribution in [-0.4, -0.2) is 32.0 Å². The Balaban J connectivity index is 1.85. The highest BCUT2D eigenvalue weighted by Crippen LogP contribution is 2.26. The van der Waals surface area contributed by atoms with E-state index in [0.717, 1.165) is 21.5 Å². The average Bonchev–Trinajstić information content (AvgIpc) is 3.25. The van der Waals surface area contributed by atoms with E-state index in [4.69, 9.17) is 0 Å². The third-order valence-electron chi connectivity index (χ3n) is 5.07. The minimum atomic E-state index is -2.68. The smallest absolute Gasteiger partial charge is 0.319 e. The molecule has 0 spiro atoms. The molecule has 0 aliphatic rings. The van der Waals surface area contributed by atoms with Crippen molar-refractivity contribution in [3.63, 3.8) is 0 Å². The van der Waals surface area contributed by atoms with Gasteiger partial charge in [-0.15, -0.1) is 0 Å². The minimum absolute atomic E-state index is 0.00802. The number of benzene rings is 1. The van der Waals surface area contributed by atoms with Crippen molar-refractivity contribution < 1.29 is 13.6 Å². The maximum Gasteiger partial charge on any atom is 0.319 e. The Kier molecular flexibility index (Phi) is 5.63. The van der Waals surface area contributed by atoms with Crippen LogP contribution in [0.5, 0.6) is 0 Å². The Hall–Kier alpha value is -2.96. The van der Waals surface area contributed by atoms with E-state index in [2.05, 4.69) is 28.6 Å². The Bertz CT molecular complexity index is 962. The number of hydrogen-bond donors (Lipinski definition) is 0. The van der Waals surface area contributed by atoms with Crippen LogP contribution in [0.25, 0.3) is 0 Å². The van der Waals surface area contributed by atoms with Gasteiger partial charge in [0.25, 0.3) is 5.91 Å². The van der Waals surface area contributed by atoms with E-state index in [0.29, 0.717) is 5.56 Å². The van der Waals surface area contributed by atoms with E-state index in [1.807, 2.05) is 38.1 Å². The molecule has 3 aromatic rings. The van der Waals surface area contributed by atoms with Crippen molar-refractivity contribution in [3.05, 3.63) is 77.1 Å². The van der Waals surface area contributed by atoms with Gasteiger partial charge in [0.1, 0.15) is 5.82 Å². The van der Waals surface area contributed by atoms with Crippen LogP contribution in [-0.2, 0) is 6.54 Å². The summed E-state index contributed by atoms with van der Waals surface area (Å²) in [6, 6.07) is 12.0. The molecule has 7 heteroatoms. The SMILES string of the molecule is Cc1cc(C(=O)N(C)Cc2nccn2C(F)F)c(C)n1C(C)c1ccccc1. The molecule has 1 atom stereocenters. The van der Waals surface area contributed by atoms with Gasteiger partial charge < -0.3 is 9.47 Å². The Morgan fingerprint density at radius 1 is 1.21 bits per heavy atom. The molecule has 0 fully saturated rings. The number of halogens is 2. The van der Waals surface area contributed by atoms with E-state index < -0.39 is 6.55 Å². The third-order valence-corrected chi connectivity index (χ3v) is 5.07. The van der Waals surface area contributed by atoms with Crippen LogP contribution in [0.15, 0.2) is 48.8 Å². The van der Waals surface area contributed by atoms with E-state index >= 15 is 0 Å². The predicted molar refractivity (Wildman–Crippen MR) is 103 cm³/mol. The lowest BCUT2D eigenvalue weighted by atomic mass is 10.1. The number of nitrogens with zero attached hydrogens (tertiary/aromatic N) is 4. The summed E-state index contributed by atoms with van der Waals surface area (Å²) in [4.78, 5) is 18.4. The highest BCUT2D eigenvalue weighted by Gasteiger charge is 2.23. The first-order chi connectivity index (χ1) is 13.3. The quantitative estimate of drug-likeness (QED) is 0.622. The monoisotopic (exact) mass is 386 g/mol. The molecular weight excluding hydrogens is 362 g/mol. The summed E-state index contributed by atoms with van der Waals surface area (Å²) < 4.78 is 28.9. The molecule has 2 heterocycles. The van der Waals surface area contributed by atoms with Gasteiger partial charge >= 0.3 is 6.55 Å². The van der Waals surface area contributed by atoms with Crippen LogP contribution in [0.4, 0.5) is 8.78 Å². The van der Waals surface area contributed by atoms with Gasteiger partial charge in [0.15, 0.2) is 0 Å². The van der Waals surface area contributed by atoms with Crippen molar-refractivity contribution >= 4 is 5.91 Å². The van der Waals surface area contributed by atoms with Crippen molar-refractivity contribution in [1.82, 2.24) is 19.0 Å². The number of aryl methyl sites for hydroxylation is 1. The minimum Gasteiger partial charge on any atom is -0.341 e. The van der Waals surface area contributed by atoms with Gasteiger partial charge in [-0.1, -0.05) is 30.3 Å². The van der Waals surface area contributed by atoms with Crippen molar-refractivity contribution in [2.45, 2.75) is 39.9 Å². The van der Waals surface area contributed by atoms with Crippen LogP contribution >= 0.6 is 0 Å². The first-order valence-electron chi connectivity index (χ1n) is 9.10. The standard InChI is InChI=1S/C21H24F2N4O/c1-14-12-18(16(3)27(14)15(2)17-8-6-5-7-9-17)20(28)25(4)13-19-24-10-11-26(19)21(22)23/h5-12,15,21H,13H2,1-4H3. The van der Waals surface area contributed by atoms with Gasteiger partial charge in [-0.3, -0.25) is 9.36 Å². The van der Waals surface area contributed by atoms with Gasteiger partial charge in [0, 0.05) is 30.8 Å². The van der Waals surface area contributed by atoms with E-state index in [1.165, 1.54) is 17.3 Å². The van der Waals surface area contributed by atoms with Gasteiger partial charge in [0.2, 0.25) is 0 Å². The van der Waals surface area contributed by atoms with Crippen molar-refractivity contribution in [2.75, 3.05) is 7.05 Å². The number of carbonyl (C=O) groups excluding carboxylic acids is 1. The molecular formula is C21H24F2N4O. The molecule has 0 aliphatic carbocycles. The number of aromatic nitrogens is 3. The molecule has 0 radical (unpaired) electrons. The fourth-order valence-electron chi connectivity index (χ4n) is 3.60. The maximum absolute atomic E-state index is 13.0. The van der Waals surface area contributed by atoms with Gasteiger partial charge in [-0.05, 0) is 32.4 Å². The molecule has 1 aromatic carbocycles. The van der Waals surface area contributed by atoms with Crippen molar-refractivity contribution in [1.29, 1.82) is 0 Å². The van der Waals surface area contributed by atoms with E-state index in [1.54, 1.807) is 7.05 Å². The molecule has 1 amide bonds. The first kappa shape index (κ1) is 19.8. The fourth-order valence-corrected chi connectivity index (χ4v) is 3.60. The summed E-state index contributed by atoms with van der Waals surface area (Å²) in [7, 11) is 1.60. The number of alkyl halides is 2. The number of imidazole rings is 1. The second kappa shape index (κ2) is 7.96. The molecule has 148 valence electrons. The summed E-state index contributed by atoms with van der Waals surface area (Å²) in [6.07, 6.45) is 2.53. The van der Waals surface area contributed by atoms with Gasteiger partial charge in [-0.25, -0.2) is 4.98 Å². The second-order valence-electron chi connectivity index (χ2n) is 6.93. The lowest BCUT2D eigenvalue weighted by Gasteiger charge is -2.20. The molecule has 1 unspecified atom stereocenters. The van der Waals surface area contributed by atoms with Crippen LogP contribution < -0.4 is 0 Å². The molecule has 2 aromatic heterocycles. The van der Waals surface area contributed by atoms with Crippen LogP contribution in [0, 0.1) is 13.8 Å². The van der Waals surface area contributed by atoms with Gasteiger partial charge in [0.05, 0.1) is 18.2 Å². The topological polar surface area (TPSA) is 43.1 Å². The van der Waals surface area contributed by atoms with E-state index in [9.17, 15) is 13.6 Å². The molecule has 3 rings (SSSR count). The zero-order chi connectivity index (χ0) is 20.4. The Labute approximate surface area is 163 Å². The fraction of sp³-hybridized carbons (Fsp3) is 0.333. The molecule has 0 N–H and O–H groups in total. The third kappa shape index (κ3) is 3.69. The van der Waals surface area contributed by atoms with Crippen LogP contribution in [0.3, 0.4) is 0 Å². The molecule has 0 bridgehead atoms. The Morgan fingerprint density at radius 2 is 1.89 bits per heavy atom. The zero-order valence-corrected chi connectivity index (χ0v) is 16.4. The lowest BCUT2D eigenvalue weighted by molar-refractivity contribution is 0.0612. The molecule has 0 aliphatic heterocycles. The molecule has 0 saturated heterocycles. The summed E-state index contributed by atoms with van der Waals surface area (Å²) in [5, 5.41) is 0. The summed E-state index contributed by atoms with van der Waals surface area (Å²) >= 11 is 0. The summed E-state index contributed by atoms with van der Waals surface area (Å²) in [5.74, 6) is -0.0688. The molecule has 5 nitrogen and oxygen atoms in total. The average molecular weight is 386 g/mol. The number of amides is 1. The highest BCUT2D eigenvalue weighted by molar-refractivity contribution is 5.95.